The molecular weight excluding hydrogens is 307 g/mol. The first kappa shape index (κ1) is 17.9. The third-order valence-corrected chi connectivity index (χ3v) is 3.64. The van der Waals surface area contributed by atoms with Gasteiger partial charge in [-0.1, -0.05) is 30.3 Å². The summed E-state index contributed by atoms with van der Waals surface area (Å²) in [5.74, 6) is -0.803. The van der Waals surface area contributed by atoms with Gasteiger partial charge in [-0.15, -0.1) is 0 Å². The first-order valence-electron chi connectivity index (χ1n) is 6.37. The zero-order chi connectivity index (χ0) is 15.9. The fourth-order valence-electron chi connectivity index (χ4n) is 1.85. The molecule has 2 N–H and O–H groups in total. The van der Waals surface area contributed by atoms with Gasteiger partial charge in [-0.05, 0) is 12.0 Å². The molecule has 8 heteroatoms. The molecule has 0 aliphatic heterocycles. The average molecular weight is 325 g/mol. The van der Waals surface area contributed by atoms with Crippen molar-refractivity contribution in [3.63, 3.8) is 0 Å². The van der Waals surface area contributed by atoms with Gasteiger partial charge in [0.05, 0.1) is 12.4 Å². The first-order valence-corrected chi connectivity index (χ1v) is 8.09. The molecule has 0 aromatic heterocycles. The molecule has 0 spiro atoms. The summed E-state index contributed by atoms with van der Waals surface area (Å²) in [7, 11) is -3.70. The lowest BCUT2D eigenvalue weighted by Crippen LogP contribution is -2.25. The van der Waals surface area contributed by atoms with E-state index < -0.39 is 28.5 Å². The van der Waals surface area contributed by atoms with Crippen molar-refractivity contribution >= 4 is 10.0 Å². The second-order valence-electron chi connectivity index (χ2n) is 4.73. The molecule has 1 unspecified atom stereocenters. The lowest BCUT2D eigenvalue weighted by Gasteiger charge is -2.16. The zero-order valence-electron chi connectivity index (χ0n) is 11.3. The molecule has 0 fully saturated rings. The maximum Gasteiger partial charge on any atom is 0.389 e. The van der Waals surface area contributed by atoms with Crippen LogP contribution in [0.4, 0.5) is 13.2 Å². The van der Waals surface area contributed by atoms with E-state index in [0.717, 1.165) is 5.56 Å². The van der Waals surface area contributed by atoms with Crippen LogP contribution in [0.5, 0.6) is 0 Å². The molecule has 0 aliphatic carbocycles. The Morgan fingerprint density at radius 3 is 2.33 bits per heavy atom. The highest BCUT2D eigenvalue weighted by molar-refractivity contribution is 7.89. The van der Waals surface area contributed by atoms with E-state index in [1.807, 2.05) is 0 Å². The van der Waals surface area contributed by atoms with Crippen molar-refractivity contribution < 1.29 is 26.3 Å². The minimum atomic E-state index is -4.21. The number of ether oxygens (including phenoxy) is 1. The Morgan fingerprint density at radius 2 is 1.81 bits per heavy atom. The van der Waals surface area contributed by atoms with Crippen molar-refractivity contribution in [1.29, 1.82) is 0 Å². The van der Waals surface area contributed by atoms with Crippen molar-refractivity contribution in [2.75, 3.05) is 19.0 Å². The highest BCUT2D eigenvalue weighted by atomic mass is 32.2. The minimum Gasteiger partial charge on any atom is -0.381 e. The lowest BCUT2D eigenvalue weighted by atomic mass is 10.0. The van der Waals surface area contributed by atoms with E-state index in [1.54, 1.807) is 30.3 Å². The lowest BCUT2D eigenvalue weighted by molar-refractivity contribution is -0.137. The number of primary sulfonamides is 1. The van der Waals surface area contributed by atoms with Crippen molar-refractivity contribution in [1.82, 2.24) is 0 Å². The molecule has 1 rings (SSSR count). The van der Waals surface area contributed by atoms with E-state index in [2.05, 4.69) is 0 Å². The monoisotopic (exact) mass is 325 g/mol. The Bertz CT molecular complexity index is 517. The fraction of sp³-hybridized carbons (Fsp3) is 0.538. The summed E-state index contributed by atoms with van der Waals surface area (Å²) in [5, 5.41) is 5.03. The van der Waals surface area contributed by atoms with Gasteiger partial charge in [-0.3, -0.25) is 0 Å². The fourth-order valence-corrected chi connectivity index (χ4v) is 2.70. The number of alkyl halides is 3. The number of nitrogens with two attached hydrogens (primary N) is 1. The Labute approximate surface area is 122 Å². The highest BCUT2D eigenvalue weighted by Crippen LogP contribution is 2.22. The summed E-state index contributed by atoms with van der Waals surface area (Å²) in [6.07, 6.45) is -5.28. The van der Waals surface area contributed by atoms with Crippen LogP contribution >= 0.6 is 0 Å². The smallest absolute Gasteiger partial charge is 0.381 e. The van der Waals surface area contributed by atoms with Crippen molar-refractivity contribution in [2.24, 2.45) is 5.14 Å². The molecule has 0 bridgehead atoms. The molecule has 4 nitrogen and oxygen atoms in total. The second kappa shape index (κ2) is 7.77. The molecule has 21 heavy (non-hydrogen) atoms. The molecule has 1 aromatic rings. The summed E-state index contributed by atoms with van der Waals surface area (Å²) in [6, 6.07) is 8.73. The predicted octanol–water partition coefficient (Wildman–Crippen LogP) is 2.42. The first-order chi connectivity index (χ1) is 9.67. The number of hydrogen-bond donors (Lipinski definition) is 1. The number of rotatable bonds is 8. The third kappa shape index (κ3) is 8.69. The van der Waals surface area contributed by atoms with Gasteiger partial charge in [-0.2, -0.15) is 13.2 Å². The zero-order valence-corrected chi connectivity index (χ0v) is 12.2. The predicted molar refractivity (Wildman–Crippen MR) is 73.3 cm³/mol. The molecule has 0 amide bonds. The molecule has 1 aromatic carbocycles. The van der Waals surface area contributed by atoms with E-state index >= 15 is 0 Å². The van der Waals surface area contributed by atoms with Crippen LogP contribution in [0.25, 0.3) is 0 Å². The number of halogens is 3. The van der Waals surface area contributed by atoms with Crippen molar-refractivity contribution in [3.8, 4) is 0 Å². The van der Waals surface area contributed by atoms with Gasteiger partial charge < -0.3 is 4.74 Å². The van der Waals surface area contributed by atoms with Gasteiger partial charge in [0, 0.05) is 18.9 Å². The molecule has 0 saturated carbocycles. The van der Waals surface area contributed by atoms with E-state index in [9.17, 15) is 21.6 Å². The average Bonchev–Trinajstić information content (AvgIpc) is 2.35. The van der Waals surface area contributed by atoms with Gasteiger partial charge in [0.25, 0.3) is 0 Å². The molecule has 0 aliphatic rings. The van der Waals surface area contributed by atoms with Crippen LogP contribution in [0.1, 0.15) is 24.3 Å². The molecule has 0 radical (unpaired) electrons. The number of benzene rings is 1. The van der Waals surface area contributed by atoms with Gasteiger partial charge in [0.15, 0.2) is 0 Å². The molecule has 120 valence electrons. The van der Waals surface area contributed by atoms with Crippen LogP contribution in [0.3, 0.4) is 0 Å². The molecular formula is C13H18F3NO3S. The van der Waals surface area contributed by atoms with Gasteiger partial charge in [0.2, 0.25) is 10.0 Å². The Hall–Kier alpha value is -1.12. The molecule has 0 saturated heterocycles. The van der Waals surface area contributed by atoms with E-state index in [4.69, 9.17) is 9.88 Å². The summed E-state index contributed by atoms with van der Waals surface area (Å²) < 4.78 is 63.5. The SMILES string of the molecule is NS(=O)(=O)CC(COCCCC(F)(F)F)c1ccccc1. The maximum atomic E-state index is 12.0. The van der Waals surface area contributed by atoms with Crippen LogP contribution in [0.15, 0.2) is 30.3 Å². The van der Waals surface area contributed by atoms with Crippen molar-refractivity contribution in [3.05, 3.63) is 35.9 Å². The van der Waals surface area contributed by atoms with Crippen LogP contribution in [0.2, 0.25) is 0 Å². The molecule has 1 atom stereocenters. The minimum absolute atomic E-state index is 0.0122. The standard InChI is InChI=1S/C13H18F3NO3S/c14-13(15,16)7-4-8-20-9-12(10-21(17,18)19)11-5-2-1-3-6-11/h1-3,5-6,12H,4,7-10H2,(H2,17,18,19). The number of hydrogen-bond acceptors (Lipinski definition) is 3. The topological polar surface area (TPSA) is 69.4 Å². The summed E-state index contributed by atoms with van der Waals surface area (Å²) in [5.41, 5.74) is 0.724. The third-order valence-electron chi connectivity index (χ3n) is 2.77. The van der Waals surface area contributed by atoms with Crippen molar-refractivity contribution in [2.45, 2.75) is 24.9 Å². The Balaban J connectivity index is 2.51. The van der Waals surface area contributed by atoms with Crippen LogP contribution in [-0.4, -0.2) is 33.6 Å². The van der Waals surface area contributed by atoms with Crippen LogP contribution in [-0.2, 0) is 14.8 Å². The maximum absolute atomic E-state index is 12.0. The Kier molecular flexibility index (Phi) is 6.63. The van der Waals surface area contributed by atoms with E-state index in [1.165, 1.54) is 0 Å². The van der Waals surface area contributed by atoms with Gasteiger partial charge in [-0.25, -0.2) is 13.6 Å². The van der Waals surface area contributed by atoms with Crippen LogP contribution in [0, 0.1) is 0 Å². The largest absolute Gasteiger partial charge is 0.389 e. The normalized spacial score (nSPS) is 14.1. The summed E-state index contributed by atoms with van der Waals surface area (Å²) >= 11 is 0. The van der Waals surface area contributed by atoms with Crippen LogP contribution < -0.4 is 5.14 Å². The summed E-state index contributed by atoms with van der Waals surface area (Å²) in [4.78, 5) is 0. The highest BCUT2D eigenvalue weighted by Gasteiger charge is 2.26. The van der Waals surface area contributed by atoms with E-state index in [-0.39, 0.29) is 25.4 Å². The Morgan fingerprint density at radius 1 is 1.19 bits per heavy atom. The van der Waals surface area contributed by atoms with Gasteiger partial charge >= 0.3 is 6.18 Å². The molecule has 0 heterocycles. The summed E-state index contributed by atoms with van der Waals surface area (Å²) in [6.45, 7) is -0.0637. The van der Waals surface area contributed by atoms with E-state index in [0.29, 0.717) is 0 Å². The van der Waals surface area contributed by atoms with Gasteiger partial charge in [0.1, 0.15) is 0 Å². The second-order valence-corrected chi connectivity index (χ2v) is 6.39. The number of sulfonamides is 1. The quantitative estimate of drug-likeness (QED) is 0.746.